The zero-order chi connectivity index (χ0) is 19.7. The Hall–Kier alpha value is -2.89. The summed E-state index contributed by atoms with van der Waals surface area (Å²) < 4.78 is 1.85. The summed E-state index contributed by atoms with van der Waals surface area (Å²) in [5.41, 5.74) is 9.89. The van der Waals surface area contributed by atoms with E-state index in [0.717, 1.165) is 47.4 Å². The van der Waals surface area contributed by atoms with Crippen LogP contribution in [-0.2, 0) is 11.3 Å². The first-order chi connectivity index (χ1) is 13.5. The molecule has 0 spiro atoms. The number of nitrogens with zero attached hydrogens (tertiary/aromatic N) is 4. The molecule has 1 aliphatic heterocycles. The highest BCUT2D eigenvalue weighted by atomic mass is 16.2. The first-order valence-electron chi connectivity index (χ1n) is 9.95. The summed E-state index contributed by atoms with van der Waals surface area (Å²) in [5, 5.41) is 5.45. The molecule has 0 saturated carbocycles. The van der Waals surface area contributed by atoms with Gasteiger partial charge in [-0.05, 0) is 38.0 Å². The largest absolute Gasteiger partial charge is 0.397 e. The molecule has 2 atom stereocenters. The van der Waals surface area contributed by atoms with Crippen molar-refractivity contribution >= 4 is 22.5 Å². The predicted octanol–water partition coefficient (Wildman–Crippen LogP) is 3.36. The second-order valence-electron chi connectivity index (χ2n) is 7.86. The van der Waals surface area contributed by atoms with Crippen LogP contribution in [0.15, 0.2) is 42.6 Å². The molecule has 2 aromatic heterocycles. The fourth-order valence-electron chi connectivity index (χ4n) is 4.11. The molecule has 1 aliphatic rings. The van der Waals surface area contributed by atoms with Gasteiger partial charge in [0.1, 0.15) is 0 Å². The highest BCUT2D eigenvalue weighted by Crippen LogP contribution is 2.31. The van der Waals surface area contributed by atoms with Gasteiger partial charge in [0, 0.05) is 30.6 Å². The average molecular weight is 377 g/mol. The number of aromatic nitrogens is 3. The second kappa shape index (κ2) is 7.62. The zero-order valence-corrected chi connectivity index (χ0v) is 16.5. The van der Waals surface area contributed by atoms with E-state index in [0.29, 0.717) is 13.1 Å². The number of nitrogens with two attached hydrogens (primary N) is 1. The van der Waals surface area contributed by atoms with E-state index in [4.69, 9.17) is 10.7 Å². The summed E-state index contributed by atoms with van der Waals surface area (Å²) in [5.74, 6) is 0.249. The number of nitrogen functional groups attached to an aromatic ring is 1. The van der Waals surface area contributed by atoms with Crippen LogP contribution in [0, 0.1) is 12.8 Å². The number of hydrogen-bond donors (Lipinski definition) is 1. The summed E-state index contributed by atoms with van der Waals surface area (Å²) in [7, 11) is 0. The summed E-state index contributed by atoms with van der Waals surface area (Å²) in [6.07, 6.45) is 3.90. The number of aryl methyl sites for hydroxylation is 1. The van der Waals surface area contributed by atoms with Crippen LogP contribution in [0.2, 0.25) is 0 Å². The van der Waals surface area contributed by atoms with Crippen LogP contribution >= 0.6 is 0 Å². The smallest absolute Gasteiger partial charge is 0.227 e. The molecule has 146 valence electrons. The van der Waals surface area contributed by atoms with Gasteiger partial charge in [0.05, 0.1) is 35.1 Å². The van der Waals surface area contributed by atoms with E-state index in [-0.39, 0.29) is 17.7 Å². The van der Waals surface area contributed by atoms with Gasteiger partial charge in [-0.2, -0.15) is 5.10 Å². The predicted molar refractivity (Wildman–Crippen MR) is 111 cm³/mol. The van der Waals surface area contributed by atoms with E-state index in [9.17, 15) is 4.79 Å². The minimum atomic E-state index is -0.111. The van der Waals surface area contributed by atoms with Crippen molar-refractivity contribution in [2.24, 2.45) is 5.92 Å². The molecule has 6 heteroatoms. The number of carbonyl (C=O) groups excluding carboxylic acids is 1. The summed E-state index contributed by atoms with van der Waals surface area (Å²) in [6.45, 7) is 6.01. The van der Waals surface area contributed by atoms with Gasteiger partial charge in [0.2, 0.25) is 5.91 Å². The highest BCUT2D eigenvalue weighted by molar-refractivity contribution is 5.82. The first-order valence-corrected chi connectivity index (χ1v) is 9.95. The SMILES string of the molecule is Cc1ccn(C[C@@H](C)C(=O)N2CCC[C@H](c3nc4ccccc4cc3N)C2)n1. The number of hydrogen-bond acceptors (Lipinski definition) is 4. The number of benzene rings is 1. The van der Waals surface area contributed by atoms with Crippen LogP contribution in [0.3, 0.4) is 0 Å². The zero-order valence-electron chi connectivity index (χ0n) is 16.5. The van der Waals surface area contributed by atoms with E-state index >= 15 is 0 Å². The van der Waals surface area contributed by atoms with Crippen molar-refractivity contribution in [2.45, 2.75) is 39.2 Å². The molecule has 1 aromatic carbocycles. The molecule has 1 amide bonds. The molecule has 28 heavy (non-hydrogen) atoms. The lowest BCUT2D eigenvalue weighted by atomic mass is 9.92. The second-order valence-corrected chi connectivity index (χ2v) is 7.86. The van der Waals surface area contributed by atoms with Crippen molar-refractivity contribution in [3.05, 3.63) is 54.0 Å². The van der Waals surface area contributed by atoms with Gasteiger partial charge in [-0.25, -0.2) is 0 Å². The van der Waals surface area contributed by atoms with Gasteiger partial charge in [-0.3, -0.25) is 14.5 Å². The molecule has 2 N–H and O–H groups in total. The lowest BCUT2D eigenvalue weighted by Gasteiger charge is -2.34. The number of fused-ring (bicyclic) bond motifs is 1. The number of para-hydroxylation sites is 1. The number of carbonyl (C=O) groups is 1. The Morgan fingerprint density at radius 3 is 2.93 bits per heavy atom. The van der Waals surface area contributed by atoms with Crippen LogP contribution in [0.4, 0.5) is 5.69 Å². The number of amides is 1. The summed E-state index contributed by atoms with van der Waals surface area (Å²) in [4.78, 5) is 19.8. The molecule has 0 aliphatic carbocycles. The Morgan fingerprint density at radius 1 is 1.32 bits per heavy atom. The first kappa shape index (κ1) is 18.5. The molecular formula is C22H27N5O. The standard InChI is InChI=1S/C22H27N5O/c1-15(13-27-11-9-16(2)25-27)22(28)26-10-5-7-18(14-26)21-19(23)12-17-6-3-4-8-20(17)24-21/h3-4,6,8-9,11-12,15,18H,5,7,10,13-14,23H2,1-2H3/t15-,18+/m1/s1. The molecule has 1 fully saturated rings. The maximum Gasteiger partial charge on any atom is 0.227 e. The van der Waals surface area contributed by atoms with E-state index in [2.05, 4.69) is 5.10 Å². The van der Waals surface area contributed by atoms with Gasteiger partial charge < -0.3 is 10.6 Å². The average Bonchev–Trinajstić information content (AvgIpc) is 3.11. The Bertz CT molecular complexity index is 996. The molecule has 4 rings (SSSR count). The van der Waals surface area contributed by atoms with Gasteiger partial charge in [-0.1, -0.05) is 25.1 Å². The Balaban J connectivity index is 1.49. The molecule has 6 nitrogen and oxygen atoms in total. The molecule has 1 saturated heterocycles. The lowest BCUT2D eigenvalue weighted by molar-refractivity contribution is -0.136. The molecule has 0 radical (unpaired) electrons. The number of rotatable bonds is 4. The summed E-state index contributed by atoms with van der Waals surface area (Å²) >= 11 is 0. The third-order valence-electron chi connectivity index (χ3n) is 5.56. The molecule has 3 aromatic rings. The molecule has 0 unspecified atom stereocenters. The van der Waals surface area contributed by atoms with Crippen LogP contribution < -0.4 is 5.73 Å². The van der Waals surface area contributed by atoms with Gasteiger partial charge in [0.15, 0.2) is 0 Å². The third-order valence-corrected chi connectivity index (χ3v) is 5.56. The van der Waals surface area contributed by atoms with Crippen molar-refractivity contribution in [3.8, 4) is 0 Å². The fraction of sp³-hybridized carbons (Fsp3) is 0.409. The van der Waals surface area contributed by atoms with Gasteiger partial charge >= 0.3 is 0 Å². The normalized spacial score (nSPS) is 18.4. The van der Waals surface area contributed by atoms with Gasteiger partial charge in [0.25, 0.3) is 0 Å². The monoisotopic (exact) mass is 377 g/mol. The van der Waals surface area contributed by atoms with Crippen LogP contribution in [0.5, 0.6) is 0 Å². The minimum Gasteiger partial charge on any atom is -0.397 e. The fourth-order valence-corrected chi connectivity index (χ4v) is 4.11. The topological polar surface area (TPSA) is 77.0 Å². The van der Waals surface area contributed by atoms with Crippen molar-refractivity contribution in [1.82, 2.24) is 19.7 Å². The highest BCUT2D eigenvalue weighted by Gasteiger charge is 2.29. The van der Waals surface area contributed by atoms with Crippen molar-refractivity contribution in [1.29, 1.82) is 0 Å². The molecule has 0 bridgehead atoms. The van der Waals surface area contributed by atoms with Crippen molar-refractivity contribution < 1.29 is 4.79 Å². The maximum atomic E-state index is 13.0. The van der Waals surface area contributed by atoms with Crippen molar-refractivity contribution in [3.63, 3.8) is 0 Å². The van der Waals surface area contributed by atoms with E-state index < -0.39 is 0 Å². The number of pyridine rings is 1. The van der Waals surface area contributed by atoms with E-state index in [1.807, 2.05) is 66.0 Å². The van der Waals surface area contributed by atoms with Gasteiger partial charge in [-0.15, -0.1) is 0 Å². The Labute approximate surface area is 165 Å². The minimum absolute atomic E-state index is 0.111. The Morgan fingerprint density at radius 2 is 2.14 bits per heavy atom. The Kier molecular flexibility index (Phi) is 5.03. The lowest BCUT2D eigenvalue weighted by Crippen LogP contribution is -2.43. The van der Waals surface area contributed by atoms with Crippen LogP contribution in [0.25, 0.3) is 10.9 Å². The quantitative estimate of drug-likeness (QED) is 0.756. The molecular weight excluding hydrogens is 350 g/mol. The summed E-state index contributed by atoms with van der Waals surface area (Å²) in [6, 6.07) is 12.0. The van der Waals surface area contributed by atoms with Crippen LogP contribution in [0.1, 0.15) is 37.1 Å². The van der Waals surface area contributed by atoms with Crippen LogP contribution in [-0.4, -0.2) is 38.7 Å². The third kappa shape index (κ3) is 3.72. The van der Waals surface area contributed by atoms with Crippen molar-refractivity contribution in [2.75, 3.05) is 18.8 Å². The number of anilines is 1. The molecule has 3 heterocycles. The maximum absolute atomic E-state index is 13.0. The number of piperidine rings is 1. The van der Waals surface area contributed by atoms with E-state index in [1.165, 1.54) is 0 Å². The number of likely N-dealkylation sites (tertiary alicyclic amines) is 1. The van der Waals surface area contributed by atoms with E-state index in [1.54, 1.807) is 0 Å².